The summed E-state index contributed by atoms with van der Waals surface area (Å²) in [6, 6.07) is 6.60. The van der Waals surface area contributed by atoms with Crippen LogP contribution in [0.2, 0.25) is 15.1 Å². The number of benzene rings is 1. The molecule has 0 spiro atoms. The molecule has 1 aromatic carbocycles. The number of guanidine groups is 1. The van der Waals surface area contributed by atoms with Crippen LogP contribution in [0.25, 0.3) is 0 Å². The van der Waals surface area contributed by atoms with E-state index in [4.69, 9.17) is 39.5 Å². The van der Waals surface area contributed by atoms with E-state index in [1.807, 2.05) is 12.1 Å². The number of piperidine rings is 1. The molecule has 0 saturated carbocycles. The number of methoxy groups -OCH3 is 1. The maximum Gasteiger partial charge on any atom is 0.237 e. The van der Waals surface area contributed by atoms with E-state index >= 15 is 0 Å². The van der Waals surface area contributed by atoms with Crippen LogP contribution in [-0.4, -0.2) is 49.6 Å². The molecule has 1 saturated heterocycles. The fourth-order valence-corrected chi connectivity index (χ4v) is 4.78. The predicted molar refractivity (Wildman–Crippen MR) is 135 cm³/mol. The number of amides is 1. The lowest BCUT2D eigenvalue weighted by Gasteiger charge is -2.36. The number of rotatable bonds is 7. The highest BCUT2D eigenvalue weighted by Crippen LogP contribution is 2.35. The van der Waals surface area contributed by atoms with Gasteiger partial charge in [0.05, 0.1) is 34.8 Å². The monoisotopic (exact) mass is 524 g/mol. The zero-order valence-corrected chi connectivity index (χ0v) is 21.0. The molecule has 3 atom stereocenters. The fourth-order valence-electron chi connectivity index (χ4n) is 4.29. The average Bonchev–Trinajstić information content (AvgIpc) is 3.37. The van der Waals surface area contributed by atoms with E-state index in [1.54, 1.807) is 25.4 Å². The Balaban J connectivity index is 1.48. The molecule has 1 fully saturated rings. The minimum Gasteiger partial charge on any atom is -0.481 e. The van der Waals surface area contributed by atoms with Crippen LogP contribution in [0, 0.1) is 5.92 Å². The number of pyridine rings is 1. The molecule has 0 aliphatic carbocycles. The number of hydrogen-bond donors (Lipinski definition) is 4. The molecule has 3 heterocycles. The summed E-state index contributed by atoms with van der Waals surface area (Å²) >= 11 is 18.3. The van der Waals surface area contributed by atoms with Crippen molar-refractivity contribution in [3.05, 3.63) is 56.7 Å². The van der Waals surface area contributed by atoms with Crippen LogP contribution in [0.4, 0.5) is 0 Å². The summed E-state index contributed by atoms with van der Waals surface area (Å²) in [5.74, 6) is 1.41. The van der Waals surface area contributed by atoms with Gasteiger partial charge in [-0.3, -0.25) is 15.1 Å². The van der Waals surface area contributed by atoms with Crippen molar-refractivity contribution in [1.82, 2.24) is 26.3 Å². The number of hydrogen-bond acceptors (Lipinski definition) is 7. The summed E-state index contributed by atoms with van der Waals surface area (Å²) in [6.45, 7) is 2.64. The standard InChI is InChI=1S/C23H27Cl3N6O2/c1-34-22-16(9-15(24)12-30-22)19-7-14(11-31-23-27-4-5-28-23)8-20(32-19)21(33)29-10-13-2-3-17(25)18(26)6-13/h2-3,6,9,12,14,19-20,32H,4-5,7-8,10-11H2,1H3,(H,29,33)(H2,27,28,31). The van der Waals surface area contributed by atoms with Crippen molar-refractivity contribution >= 4 is 46.7 Å². The summed E-state index contributed by atoms with van der Waals surface area (Å²) < 4.78 is 5.47. The summed E-state index contributed by atoms with van der Waals surface area (Å²) in [4.78, 5) is 21.9. The quantitative estimate of drug-likeness (QED) is 0.443. The van der Waals surface area contributed by atoms with Crippen LogP contribution in [0.1, 0.15) is 30.0 Å². The van der Waals surface area contributed by atoms with E-state index in [9.17, 15) is 4.79 Å². The highest BCUT2D eigenvalue weighted by atomic mass is 35.5. The van der Waals surface area contributed by atoms with Gasteiger partial charge in [-0.05, 0) is 42.5 Å². The first-order chi connectivity index (χ1) is 16.4. The fraction of sp³-hybridized carbons (Fsp3) is 0.435. The maximum atomic E-state index is 13.2. The smallest absolute Gasteiger partial charge is 0.237 e. The van der Waals surface area contributed by atoms with Crippen LogP contribution >= 0.6 is 34.8 Å². The first-order valence-corrected chi connectivity index (χ1v) is 12.3. The molecule has 0 radical (unpaired) electrons. The van der Waals surface area contributed by atoms with Gasteiger partial charge in [0, 0.05) is 37.4 Å². The van der Waals surface area contributed by atoms with E-state index in [0.717, 1.165) is 36.6 Å². The van der Waals surface area contributed by atoms with Crippen LogP contribution in [-0.2, 0) is 11.3 Å². The topological polar surface area (TPSA) is 99.7 Å². The number of aliphatic imine (C=N–C) groups is 1. The largest absolute Gasteiger partial charge is 0.481 e. The minimum absolute atomic E-state index is 0.0916. The summed E-state index contributed by atoms with van der Waals surface area (Å²) in [6.07, 6.45) is 3.01. The molecule has 34 heavy (non-hydrogen) atoms. The molecule has 0 bridgehead atoms. The molecule has 4 N–H and O–H groups in total. The van der Waals surface area contributed by atoms with Gasteiger partial charge in [0.25, 0.3) is 0 Å². The second-order valence-electron chi connectivity index (χ2n) is 8.37. The van der Waals surface area contributed by atoms with E-state index in [-0.39, 0.29) is 17.9 Å². The van der Waals surface area contributed by atoms with Crippen molar-refractivity contribution in [2.24, 2.45) is 10.9 Å². The molecule has 4 rings (SSSR count). The SMILES string of the molecule is COc1ncc(Cl)cc1C1CC(CNC2=NCCN2)CC(C(=O)NCc2ccc(Cl)c(Cl)c2)N1. The van der Waals surface area contributed by atoms with Crippen molar-refractivity contribution in [3.8, 4) is 5.88 Å². The van der Waals surface area contributed by atoms with Crippen molar-refractivity contribution < 1.29 is 9.53 Å². The molecule has 1 amide bonds. The Morgan fingerprint density at radius 1 is 1.21 bits per heavy atom. The molecule has 1 aromatic heterocycles. The second-order valence-corrected chi connectivity index (χ2v) is 9.62. The highest BCUT2D eigenvalue weighted by Gasteiger charge is 2.34. The Kier molecular flexibility index (Phi) is 8.37. The van der Waals surface area contributed by atoms with Gasteiger partial charge in [-0.2, -0.15) is 0 Å². The van der Waals surface area contributed by atoms with Gasteiger partial charge in [-0.25, -0.2) is 4.98 Å². The molecular formula is C23H27Cl3N6O2. The van der Waals surface area contributed by atoms with Crippen molar-refractivity contribution in [2.45, 2.75) is 31.5 Å². The van der Waals surface area contributed by atoms with Gasteiger partial charge in [0.1, 0.15) is 0 Å². The van der Waals surface area contributed by atoms with Crippen LogP contribution in [0.15, 0.2) is 35.5 Å². The first kappa shape index (κ1) is 24.9. The normalized spacial score (nSPS) is 22.0. The molecular weight excluding hydrogens is 499 g/mol. The maximum absolute atomic E-state index is 13.2. The second kappa shape index (κ2) is 11.4. The van der Waals surface area contributed by atoms with Crippen molar-refractivity contribution in [3.63, 3.8) is 0 Å². The number of nitrogens with zero attached hydrogens (tertiary/aromatic N) is 2. The van der Waals surface area contributed by atoms with Crippen LogP contribution in [0.5, 0.6) is 5.88 Å². The van der Waals surface area contributed by atoms with E-state index in [0.29, 0.717) is 40.5 Å². The molecule has 8 nitrogen and oxygen atoms in total. The Hall–Kier alpha value is -2.26. The Labute approximate surface area is 213 Å². The van der Waals surface area contributed by atoms with Gasteiger partial charge < -0.3 is 20.7 Å². The Morgan fingerprint density at radius 3 is 2.79 bits per heavy atom. The summed E-state index contributed by atoms with van der Waals surface area (Å²) in [5, 5.41) is 14.5. The van der Waals surface area contributed by atoms with Gasteiger partial charge >= 0.3 is 0 Å². The third kappa shape index (κ3) is 6.24. The first-order valence-electron chi connectivity index (χ1n) is 11.1. The van der Waals surface area contributed by atoms with Crippen molar-refractivity contribution in [2.75, 3.05) is 26.7 Å². The van der Waals surface area contributed by atoms with Gasteiger partial charge in [-0.1, -0.05) is 40.9 Å². The third-order valence-electron chi connectivity index (χ3n) is 5.95. The lowest BCUT2D eigenvalue weighted by molar-refractivity contribution is -0.124. The molecule has 2 aliphatic rings. The minimum atomic E-state index is -0.407. The number of halogens is 3. The summed E-state index contributed by atoms with van der Waals surface area (Å²) in [7, 11) is 1.58. The predicted octanol–water partition coefficient (Wildman–Crippen LogP) is 3.32. The average molecular weight is 526 g/mol. The third-order valence-corrected chi connectivity index (χ3v) is 6.90. The summed E-state index contributed by atoms with van der Waals surface area (Å²) in [5.41, 5.74) is 1.71. The van der Waals surface area contributed by atoms with Gasteiger partial charge in [0.2, 0.25) is 11.8 Å². The van der Waals surface area contributed by atoms with Gasteiger partial charge in [-0.15, -0.1) is 0 Å². The number of nitrogens with one attached hydrogen (secondary N) is 4. The Bertz CT molecular complexity index is 1070. The molecule has 2 aromatic rings. The number of carbonyl (C=O) groups is 1. The number of aromatic nitrogens is 1. The lowest BCUT2D eigenvalue weighted by Crippen LogP contribution is -2.51. The number of carbonyl (C=O) groups excluding carboxylic acids is 1. The van der Waals surface area contributed by atoms with Crippen LogP contribution in [0.3, 0.4) is 0 Å². The lowest BCUT2D eigenvalue weighted by atomic mass is 9.84. The van der Waals surface area contributed by atoms with Crippen molar-refractivity contribution in [1.29, 1.82) is 0 Å². The van der Waals surface area contributed by atoms with Gasteiger partial charge in [0.15, 0.2) is 5.96 Å². The van der Waals surface area contributed by atoms with E-state index in [1.165, 1.54) is 0 Å². The van der Waals surface area contributed by atoms with Crippen LogP contribution < -0.4 is 26.0 Å². The van der Waals surface area contributed by atoms with E-state index in [2.05, 4.69) is 31.2 Å². The molecule has 2 aliphatic heterocycles. The Morgan fingerprint density at radius 2 is 2.06 bits per heavy atom. The zero-order chi connectivity index (χ0) is 24.1. The molecule has 3 unspecified atom stereocenters. The highest BCUT2D eigenvalue weighted by molar-refractivity contribution is 6.42. The molecule has 182 valence electrons. The number of ether oxygens (including phenoxy) is 1. The molecule has 11 heteroatoms. The zero-order valence-electron chi connectivity index (χ0n) is 18.7. The van der Waals surface area contributed by atoms with E-state index < -0.39 is 6.04 Å².